The molecule has 0 heterocycles. The maximum absolute atomic E-state index is 5.71. The number of rotatable bonds is 6. The third kappa shape index (κ3) is 3.48. The maximum atomic E-state index is 5.71. The first-order valence-electron chi connectivity index (χ1n) is 6.47. The molecule has 0 unspecified atom stereocenters. The fourth-order valence-electron chi connectivity index (χ4n) is 2.09. The monoisotopic (exact) mass is 286 g/mol. The second-order valence-electron chi connectivity index (χ2n) is 4.40. The van der Waals surface area contributed by atoms with Gasteiger partial charge in [-0.25, -0.2) is 0 Å². The highest BCUT2D eigenvalue weighted by molar-refractivity contribution is 7.80. The van der Waals surface area contributed by atoms with E-state index in [-0.39, 0.29) is 0 Å². The number of methoxy groups -OCH3 is 1. The predicted molar refractivity (Wildman–Crippen MR) is 87.5 cm³/mol. The van der Waals surface area contributed by atoms with Gasteiger partial charge in [-0.2, -0.15) is 0 Å². The number of nitrogens with two attached hydrogens (primary N) is 1. The molecule has 0 spiro atoms. The van der Waals surface area contributed by atoms with Crippen molar-refractivity contribution in [2.24, 2.45) is 5.73 Å². The van der Waals surface area contributed by atoms with Gasteiger partial charge in [-0.15, -0.1) is 0 Å². The Morgan fingerprint density at radius 1 is 1.15 bits per heavy atom. The first-order chi connectivity index (χ1) is 9.72. The Balaban J connectivity index is 2.01. The topological polar surface area (TPSA) is 47.3 Å². The Hall–Kier alpha value is -2.07. The van der Waals surface area contributed by atoms with E-state index in [1.54, 1.807) is 7.11 Å². The number of ether oxygens (including phenoxy) is 1. The first-order valence-corrected chi connectivity index (χ1v) is 6.88. The Morgan fingerprint density at radius 3 is 2.60 bits per heavy atom. The Bertz CT molecular complexity index is 599. The molecule has 0 aliphatic carbocycles. The first kappa shape index (κ1) is 14.3. The van der Waals surface area contributed by atoms with Crippen LogP contribution >= 0.6 is 12.2 Å². The fourth-order valence-corrected chi connectivity index (χ4v) is 2.27. The molecule has 0 atom stereocenters. The fraction of sp³-hybridized carbons (Fsp3) is 0.188. The highest BCUT2D eigenvalue weighted by Gasteiger charge is 2.05. The van der Waals surface area contributed by atoms with Crippen LogP contribution in [0.5, 0.6) is 5.75 Å². The molecule has 0 saturated heterocycles. The van der Waals surface area contributed by atoms with E-state index in [9.17, 15) is 0 Å². The van der Waals surface area contributed by atoms with E-state index in [4.69, 9.17) is 22.7 Å². The van der Waals surface area contributed by atoms with E-state index in [0.29, 0.717) is 4.99 Å². The number of nitrogens with one attached hydrogen (secondary N) is 1. The van der Waals surface area contributed by atoms with E-state index < -0.39 is 0 Å². The summed E-state index contributed by atoms with van der Waals surface area (Å²) >= 11 is 5.05. The van der Waals surface area contributed by atoms with E-state index in [0.717, 1.165) is 30.0 Å². The lowest BCUT2D eigenvalue weighted by atomic mass is 10.1. The predicted octanol–water partition coefficient (Wildman–Crippen LogP) is 2.98. The minimum Gasteiger partial charge on any atom is -0.496 e. The molecule has 20 heavy (non-hydrogen) atoms. The summed E-state index contributed by atoms with van der Waals surface area (Å²) in [5.41, 5.74) is 8.74. The standard InChI is InChI=1S/C16H18N2OS/c1-19-15-9-5-2-6-12(15)10-11-18-14-8-4-3-7-13(14)16(17)20/h2-9,18H,10-11H2,1H3,(H2,17,20). The SMILES string of the molecule is COc1ccccc1CCNc1ccccc1C(N)=S. The zero-order valence-corrected chi connectivity index (χ0v) is 12.2. The van der Waals surface area contributed by atoms with E-state index in [1.165, 1.54) is 5.56 Å². The van der Waals surface area contributed by atoms with Crippen LogP contribution in [0.25, 0.3) is 0 Å². The Morgan fingerprint density at radius 2 is 1.85 bits per heavy atom. The molecule has 0 saturated carbocycles. The smallest absolute Gasteiger partial charge is 0.122 e. The molecule has 0 bridgehead atoms. The molecule has 2 aromatic rings. The number of hydrogen-bond acceptors (Lipinski definition) is 3. The third-order valence-electron chi connectivity index (χ3n) is 3.09. The average molecular weight is 286 g/mol. The summed E-state index contributed by atoms with van der Waals surface area (Å²) in [6, 6.07) is 15.8. The second-order valence-corrected chi connectivity index (χ2v) is 4.84. The van der Waals surface area contributed by atoms with Crippen molar-refractivity contribution < 1.29 is 4.74 Å². The van der Waals surface area contributed by atoms with Gasteiger partial charge < -0.3 is 15.8 Å². The van der Waals surface area contributed by atoms with E-state index in [2.05, 4.69) is 11.4 Å². The summed E-state index contributed by atoms with van der Waals surface area (Å²) < 4.78 is 5.34. The van der Waals surface area contributed by atoms with Crippen molar-refractivity contribution >= 4 is 22.9 Å². The number of anilines is 1. The largest absolute Gasteiger partial charge is 0.496 e. The zero-order valence-electron chi connectivity index (χ0n) is 11.4. The van der Waals surface area contributed by atoms with Gasteiger partial charge in [0.05, 0.1) is 7.11 Å². The van der Waals surface area contributed by atoms with Gasteiger partial charge in [-0.3, -0.25) is 0 Å². The van der Waals surface area contributed by atoms with Gasteiger partial charge in [0.15, 0.2) is 0 Å². The van der Waals surface area contributed by atoms with E-state index in [1.807, 2.05) is 42.5 Å². The molecule has 2 aromatic carbocycles. The molecule has 3 nitrogen and oxygen atoms in total. The van der Waals surface area contributed by atoms with Gasteiger partial charge in [-0.1, -0.05) is 42.5 Å². The van der Waals surface area contributed by atoms with Crippen LogP contribution in [0.4, 0.5) is 5.69 Å². The zero-order chi connectivity index (χ0) is 14.4. The van der Waals surface area contributed by atoms with Crippen molar-refractivity contribution in [2.45, 2.75) is 6.42 Å². The van der Waals surface area contributed by atoms with Crippen molar-refractivity contribution in [2.75, 3.05) is 19.0 Å². The van der Waals surface area contributed by atoms with Crippen LogP contribution in [0.3, 0.4) is 0 Å². The van der Waals surface area contributed by atoms with Crippen molar-refractivity contribution in [1.82, 2.24) is 0 Å². The number of hydrogen-bond donors (Lipinski definition) is 2. The van der Waals surface area contributed by atoms with Crippen LogP contribution < -0.4 is 15.8 Å². The molecule has 104 valence electrons. The lowest BCUT2D eigenvalue weighted by molar-refractivity contribution is 0.410. The molecule has 0 aliphatic heterocycles. The summed E-state index contributed by atoms with van der Waals surface area (Å²) in [4.78, 5) is 0.408. The highest BCUT2D eigenvalue weighted by atomic mass is 32.1. The van der Waals surface area contributed by atoms with Crippen LogP contribution in [-0.2, 0) is 6.42 Å². The summed E-state index contributed by atoms with van der Waals surface area (Å²) in [5.74, 6) is 0.914. The highest BCUT2D eigenvalue weighted by Crippen LogP contribution is 2.19. The quantitative estimate of drug-likeness (QED) is 0.802. The van der Waals surface area contributed by atoms with Crippen LogP contribution in [0.15, 0.2) is 48.5 Å². The number of thiocarbonyl (C=S) groups is 1. The van der Waals surface area contributed by atoms with E-state index >= 15 is 0 Å². The molecule has 3 N–H and O–H groups in total. The molecule has 4 heteroatoms. The van der Waals surface area contributed by atoms with Gasteiger partial charge in [0, 0.05) is 17.8 Å². The van der Waals surface area contributed by atoms with Gasteiger partial charge in [0.2, 0.25) is 0 Å². The van der Waals surface area contributed by atoms with Crippen molar-refractivity contribution in [3.8, 4) is 5.75 Å². The summed E-state index contributed by atoms with van der Waals surface area (Å²) in [6.07, 6.45) is 0.871. The minimum atomic E-state index is 0.408. The molecule has 2 rings (SSSR count). The van der Waals surface area contributed by atoms with Crippen LogP contribution in [0, 0.1) is 0 Å². The van der Waals surface area contributed by atoms with Gasteiger partial charge in [0.25, 0.3) is 0 Å². The number of para-hydroxylation sites is 2. The van der Waals surface area contributed by atoms with Crippen molar-refractivity contribution in [3.05, 3.63) is 59.7 Å². The maximum Gasteiger partial charge on any atom is 0.122 e. The van der Waals surface area contributed by atoms with Crippen LogP contribution in [-0.4, -0.2) is 18.6 Å². The average Bonchev–Trinajstić information content (AvgIpc) is 2.48. The third-order valence-corrected chi connectivity index (χ3v) is 3.31. The van der Waals surface area contributed by atoms with Crippen molar-refractivity contribution in [1.29, 1.82) is 0 Å². The van der Waals surface area contributed by atoms with Gasteiger partial charge in [-0.05, 0) is 30.2 Å². The minimum absolute atomic E-state index is 0.408. The van der Waals surface area contributed by atoms with Crippen molar-refractivity contribution in [3.63, 3.8) is 0 Å². The summed E-state index contributed by atoms with van der Waals surface area (Å²) in [7, 11) is 1.69. The Labute approximate surface area is 124 Å². The molecule has 0 radical (unpaired) electrons. The molecule has 0 aromatic heterocycles. The van der Waals surface area contributed by atoms with Crippen LogP contribution in [0.2, 0.25) is 0 Å². The summed E-state index contributed by atoms with van der Waals surface area (Å²) in [6.45, 7) is 0.792. The van der Waals surface area contributed by atoms with Crippen LogP contribution in [0.1, 0.15) is 11.1 Å². The molecule has 0 fully saturated rings. The lowest BCUT2D eigenvalue weighted by Gasteiger charge is -2.12. The number of benzene rings is 2. The lowest BCUT2D eigenvalue weighted by Crippen LogP contribution is -2.14. The van der Waals surface area contributed by atoms with Gasteiger partial charge in [0.1, 0.15) is 10.7 Å². The molecule has 0 aliphatic rings. The molecular weight excluding hydrogens is 268 g/mol. The van der Waals surface area contributed by atoms with Gasteiger partial charge >= 0.3 is 0 Å². The second kappa shape index (κ2) is 6.91. The Kier molecular flexibility index (Phi) is 4.96. The molecular formula is C16H18N2OS. The normalized spacial score (nSPS) is 10.1. The molecule has 0 amide bonds. The summed E-state index contributed by atoms with van der Waals surface area (Å²) in [5, 5.41) is 3.37.